The standard InChI is InChI=1S/C7H11NO6.3Na.3H/c1-14-7(13)4-8(2-5(9)10)3-6(11)12;;;;;;/h2-4H2,1H3,(H,9,10)(H,11,12);;;;;;. The van der Waals surface area contributed by atoms with Gasteiger partial charge < -0.3 is 14.9 Å². The van der Waals surface area contributed by atoms with Gasteiger partial charge in [-0.05, 0) is 0 Å². The Hall–Kier alpha value is 1.37. The van der Waals surface area contributed by atoms with Gasteiger partial charge in [0.15, 0.2) is 0 Å². The quantitative estimate of drug-likeness (QED) is 0.387. The van der Waals surface area contributed by atoms with E-state index in [1.807, 2.05) is 0 Å². The van der Waals surface area contributed by atoms with Crippen LogP contribution in [0.5, 0.6) is 0 Å². The molecule has 0 saturated heterocycles. The van der Waals surface area contributed by atoms with Crippen molar-refractivity contribution in [2.75, 3.05) is 26.7 Å². The summed E-state index contributed by atoms with van der Waals surface area (Å²) in [4.78, 5) is 32.2. The van der Waals surface area contributed by atoms with Crippen molar-refractivity contribution in [2.45, 2.75) is 0 Å². The maximum atomic E-state index is 10.7. The Balaban J connectivity index is -0.000000282. The van der Waals surface area contributed by atoms with E-state index in [2.05, 4.69) is 4.74 Å². The zero-order valence-corrected chi connectivity index (χ0v) is 7.60. The fourth-order valence-corrected chi connectivity index (χ4v) is 0.797. The zero-order valence-electron chi connectivity index (χ0n) is 7.60. The van der Waals surface area contributed by atoms with Gasteiger partial charge in [0.05, 0.1) is 26.7 Å². The van der Waals surface area contributed by atoms with Gasteiger partial charge in [-0.25, -0.2) is 0 Å². The number of methoxy groups -OCH3 is 1. The topological polar surface area (TPSA) is 104 Å². The Kier molecular flexibility index (Phi) is 24.4. The summed E-state index contributed by atoms with van der Waals surface area (Å²) in [6.45, 7) is -1.38. The first kappa shape index (κ1) is 26.8. The molecule has 7 nitrogen and oxygen atoms in total. The van der Waals surface area contributed by atoms with E-state index in [9.17, 15) is 14.4 Å². The molecule has 0 saturated carbocycles. The first-order chi connectivity index (χ1) is 6.45. The van der Waals surface area contributed by atoms with E-state index >= 15 is 0 Å². The molecule has 0 aliphatic carbocycles. The van der Waals surface area contributed by atoms with Crippen LogP contribution in [0.4, 0.5) is 0 Å². The molecule has 17 heavy (non-hydrogen) atoms. The van der Waals surface area contributed by atoms with Gasteiger partial charge in [0.2, 0.25) is 0 Å². The first-order valence-electron chi connectivity index (χ1n) is 3.68. The summed E-state index contributed by atoms with van der Waals surface area (Å²) < 4.78 is 4.28. The van der Waals surface area contributed by atoms with Gasteiger partial charge in [0, 0.05) is 0 Å². The van der Waals surface area contributed by atoms with E-state index in [-0.39, 0.29) is 95.2 Å². The second-order valence-corrected chi connectivity index (χ2v) is 2.51. The number of nitrogens with zero attached hydrogens (tertiary/aromatic N) is 1. The summed E-state index contributed by atoms with van der Waals surface area (Å²) in [5.41, 5.74) is 0. The molecule has 2 N–H and O–H groups in total. The SMILES string of the molecule is COC(=O)CN(CC(=O)O)CC(=O)O.[NaH].[NaH].[NaH]. The van der Waals surface area contributed by atoms with Crippen LogP contribution in [-0.2, 0) is 19.1 Å². The minimum absolute atomic E-state index is 0. The Morgan fingerprint density at radius 2 is 1.29 bits per heavy atom. The van der Waals surface area contributed by atoms with Crippen molar-refractivity contribution in [3.63, 3.8) is 0 Å². The van der Waals surface area contributed by atoms with E-state index in [1.165, 1.54) is 0 Å². The second kappa shape index (κ2) is 15.4. The number of carboxylic acid groups (broad SMARTS) is 2. The number of carbonyl (C=O) groups is 3. The monoisotopic (exact) mass is 277 g/mol. The maximum absolute atomic E-state index is 10.7. The van der Waals surface area contributed by atoms with Crippen LogP contribution < -0.4 is 0 Å². The molecule has 0 amide bonds. The van der Waals surface area contributed by atoms with E-state index in [0.29, 0.717) is 0 Å². The van der Waals surface area contributed by atoms with Crippen LogP contribution >= 0.6 is 0 Å². The van der Waals surface area contributed by atoms with Crippen molar-refractivity contribution < 1.29 is 29.3 Å². The molecule has 0 aromatic heterocycles. The summed E-state index contributed by atoms with van der Waals surface area (Å²) in [6, 6.07) is 0. The average Bonchev–Trinajstić information content (AvgIpc) is 2.01. The minimum atomic E-state index is -1.20. The molecule has 0 heterocycles. The van der Waals surface area contributed by atoms with E-state index in [4.69, 9.17) is 10.2 Å². The number of hydrogen-bond donors (Lipinski definition) is 2. The van der Waals surface area contributed by atoms with Crippen molar-refractivity contribution in [2.24, 2.45) is 0 Å². The third-order valence-corrected chi connectivity index (χ3v) is 1.30. The van der Waals surface area contributed by atoms with E-state index < -0.39 is 31.0 Å². The number of carboxylic acids is 2. The fraction of sp³-hybridized carbons (Fsp3) is 0.571. The summed E-state index contributed by atoms with van der Waals surface area (Å²) in [7, 11) is 1.14. The van der Waals surface area contributed by atoms with Crippen LogP contribution in [0, 0.1) is 0 Å². The molecule has 0 fully saturated rings. The Labute approximate surface area is 165 Å². The Morgan fingerprint density at radius 3 is 1.53 bits per heavy atom. The molecule has 0 bridgehead atoms. The summed E-state index contributed by atoms with van der Waals surface area (Å²) in [5.74, 6) is -3.07. The van der Waals surface area contributed by atoms with Crippen molar-refractivity contribution in [1.29, 1.82) is 0 Å². The average molecular weight is 277 g/mol. The molecular formula is C7H14NNa3O6. The Bertz CT molecular complexity index is 234. The summed E-state index contributed by atoms with van der Waals surface area (Å²) >= 11 is 0. The molecule has 0 aromatic rings. The van der Waals surface area contributed by atoms with Gasteiger partial charge >= 0.3 is 107 Å². The van der Waals surface area contributed by atoms with Crippen LogP contribution in [0.25, 0.3) is 0 Å². The number of hydrogen-bond acceptors (Lipinski definition) is 5. The van der Waals surface area contributed by atoms with Crippen molar-refractivity contribution >= 4 is 107 Å². The van der Waals surface area contributed by atoms with Crippen molar-refractivity contribution in [1.82, 2.24) is 4.90 Å². The van der Waals surface area contributed by atoms with Crippen molar-refractivity contribution in [3.05, 3.63) is 0 Å². The zero-order chi connectivity index (χ0) is 11.1. The van der Waals surface area contributed by atoms with Crippen molar-refractivity contribution in [3.8, 4) is 0 Å². The molecule has 0 rings (SSSR count). The predicted molar refractivity (Wildman–Crippen MR) is 65.2 cm³/mol. The van der Waals surface area contributed by atoms with E-state index in [1.54, 1.807) is 0 Å². The number of ether oxygens (including phenoxy) is 1. The van der Waals surface area contributed by atoms with Crippen LogP contribution in [0.2, 0.25) is 0 Å². The molecule has 0 atom stereocenters. The van der Waals surface area contributed by atoms with Gasteiger partial charge in [-0.15, -0.1) is 0 Å². The Morgan fingerprint density at radius 1 is 0.941 bits per heavy atom. The summed E-state index contributed by atoms with van der Waals surface area (Å²) in [6.07, 6.45) is 0. The number of aliphatic carboxylic acids is 2. The molecular weight excluding hydrogens is 263 g/mol. The van der Waals surface area contributed by atoms with Crippen LogP contribution in [0.1, 0.15) is 0 Å². The first-order valence-corrected chi connectivity index (χ1v) is 3.68. The van der Waals surface area contributed by atoms with Crippen LogP contribution in [0.3, 0.4) is 0 Å². The molecule has 0 unspecified atom stereocenters. The normalized spacial score (nSPS) is 8.12. The number of rotatable bonds is 6. The number of esters is 1. The predicted octanol–water partition coefficient (Wildman–Crippen LogP) is -3.31. The van der Waals surface area contributed by atoms with Gasteiger partial charge in [-0.3, -0.25) is 19.3 Å². The third-order valence-electron chi connectivity index (χ3n) is 1.30. The number of carbonyl (C=O) groups excluding carboxylic acids is 1. The summed E-state index contributed by atoms with van der Waals surface area (Å²) in [5, 5.41) is 16.8. The molecule has 10 heteroatoms. The van der Waals surface area contributed by atoms with Gasteiger partial charge in [-0.2, -0.15) is 0 Å². The van der Waals surface area contributed by atoms with Gasteiger partial charge in [-0.1, -0.05) is 0 Å². The second-order valence-electron chi connectivity index (χ2n) is 2.51. The molecule has 0 aliphatic rings. The molecule has 86 valence electrons. The van der Waals surface area contributed by atoms with Gasteiger partial charge in [0.25, 0.3) is 0 Å². The van der Waals surface area contributed by atoms with Gasteiger partial charge in [0.1, 0.15) is 0 Å². The molecule has 0 radical (unpaired) electrons. The van der Waals surface area contributed by atoms with Crippen LogP contribution in [-0.4, -0.2) is 148 Å². The van der Waals surface area contributed by atoms with E-state index in [0.717, 1.165) is 12.0 Å². The molecule has 0 aromatic carbocycles. The molecule has 0 aliphatic heterocycles. The third kappa shape index (κ3) is 17.4. The fourth-order valence-electron chi connectivity index (χ4n) is 0.797. The van der Waals surface area contributed by atoms with Crippen LogP contribution in [0.15, 0.2) is 0 Å². The molecule has 0 spiro atoms.